The molecule has 20 heavy (non-hydrogen) atoms. The summed E-state index contributed by atoms with van der Waals surface area (Å²) in [6.07, 6.45) is 2.00. The van der Waals surface area contributed by atoms with Crippen LogP contribution in [0.1, 0.15) is 11.3 Å². The number of aromatic nitrogens is 3. The third kappa shape index (κ3) is 2.37. The average Bonchev–Trinajstić information content (AvgIpc) is 3.05. The lowest BCUT2D eigenvalue weighted by Crippen LogP contribution is -1.95. The Morgan fingerprint density at radius 3 is 2.90 bits per heavy atom. The first-order valence-corrected chi connectivity index (χ1v) is 7.31. The van der Waals surface area contributed by atoms with Gasteiger partial charge < -0.3 is 5.73 Å². The highest BCUT2D eigenvalue weighted by Crippen LogP contribution is 2.30. The van der Waals surface area contributed by atoms with Crippen molar-refractivity contribution in [1.29, 1.82) is 0 Å². The Labute approximate surface area is 121 Å². The Kier molecular flexibility index (Phi) is 3.38. The standard InChI is InChI=1S/C15H16N4S/c1-10-13(8-19(2)18-10)14-9-20-15(17-14)12-5-3-4-11(6-12)7-16/h3-6,8-9H,7,16H2,1-2H3. The molecule has 0 aliphatic carbocycles. The molecule has 2 aromatic heterocycles. The fourth-order valence-electron chi connectivity index (χ4n) is 2.21. The van der Waals surface area contributed by atoms with Crippen molar-refractivity contribution >= 4 is 11.3 Å². The third-order valence-electron chi connectivity index (χ3n) is 3.20. The first kappa shape index (κ1) is 13.0. The topological polar surface area (TPSA) is 56.7 Å². The van der Waals surface area contributed by atoms with Gasteiger partial charge in [-0.3, -0.25) is 4.68 Å². The van der Waals surface area contributed by atoms with Crippen LogP contribution < -0.4 is 5.73 Å². The molecule has 4 nitrogen and oxygen atoms in total. The van der Waals surface area contributed by atoms with Crippen LogP contribution in [-0.2, 0) is 13.6 Å². The predicted octanol–water partition coefficient (Wildman–Crippen LogP) is 2.98. The minimum Gasteiger partial charge on any atom is -0.326 e. The molecule has 0 aliphatic heterocycles. The van der Waals surface area contributed by atoms with Gasteiger partial charge in [-0.1, -0.05) is 18.2 Å². The van der Waals surface area contributed by atoms with Gasteiger partial charge in [-0.05, 0) is 18.6 Å². The summed E-state index contributed by atoms with van der Waals surface area (Å²) in [5.41, 5.74) is 11.0. The van der Waals surface area contributed by atoms with Crippen LogP contribution in [0.15, 0.2) is 35.8 Å². The van der Waals surface area contributed by atoms with Gasteiger partial charge in [0.15, 0.2) is 0 Å². The van der Waals surface area contributed by atoms with Gasteiger partial charge in [-0.15, -0.1) is 11.3 Å². The lowest BCUT2D eigenvalue weighted by atomic mass is 10.1. The van der Waals surface area contributed by atoms with Gasteiger partial charge in [0.25, 0.3) is 0 Å². The quantitative estimate of drug-likeness (QED) is 0.804. The number of thiazole rings is 1. The minimum absolute atomic E-state index is 0.549. The van der Waals surface area contributed by atoms with Crippen molar-refractivity contribution < 1.29 is 0 Å². The van der Waals surface area contributed by atoms with E-state index in [1.165, 1.54) is 0 Å². The summed E-state index contributed by atoms with van der Waals surface area (Å²) in [7, 11) is 1.93. The van der Waals surface area contributed by atoms with Gasteiger partial charge in [0, 0.05) is 36.3 Å². The monoisotopic (exact) mass is 284 g/mol. The first-order valence-electron chi connectivity index (χ1n) is 6.43. The molecule has 0 spiro atoms. The molecular weight excluding hydrogens is 268 g/mol. The Morgan fingerprint density at radius 2 is 2.20 bits per heavy atom. The van der Waals surface area contributed by atoms with E-state index in [1.807, 2.05) is 37.0 Å². The Morgan fingerprint density at radius 1 is 1.35 bits per heavy atom. The molecule has 0 amide bonds. The van der Waals surface area contributed by atoms with E-state index in [1.54, 1.807) is 11.3 Å². The number of hydrogen-bond donors (Lipinski definition) is 1. The summed E-state index contributed by atoms with van der Waals surface area (Å²) >= 11 is 1.65. The SMILES string of the molecule is Cc1nn(C)cc1-c1csc(-c2cccc(CN)c2)n1. The highest BCUT2D eigenvalue weighted by Gasteiger charge is 2.11. The molecule has 5 heteroatoms. The van der Waals surface area contributed by atoms with Crippen molar-refractivity contribution in [2.24, 2.45) is 12.8 Å². The normalized spacial score (nSPS) is 10.9. The molecule has 3 aromatic rings. The molecule has 0 saturated carbocycles. The lowest BCUT2D eigenvalue weighted by Gasteiger charge is -1.99. The largest absolute Gasteiger partial charge is 0.326 e. The number of hydrogen-bond acceptors (Lipinski definition) is 4. The Bertz CT molecular complexity index is 742. The summed E-state index contributed by atoms with van der Waals surface area (Å²) in [5.74, 6) is 0. The first-order chi connectivity index (χ1) is 9.67. The second-order valence-electron chi connectivity index (χ2n) is 4.74. The van der Waals surface area contributed by atoms with E-state index in [9.17, 15) is 0 Å². The van der Waals surface area contributed by atoms with Crippen LogP contribution in [0.2, 0.25) is 0 Å². The van der Waals surface area contributed by atoms with Crippen LogP contribution in [-0.4, -0.2) is 14.8 Å². The van der Waals surface area contributed by atoms with E-state index in [4.69, 9.17) is 10.7 Å². The maximum atomic E-state index is 5.69. The maximum absolute atomic E-state index is 5.69. The molecule has 0 atom stereocenters. The fourth-order valence-corrected chi connectivity index (χ4v) is 3.03. The van der Waals surface area contributed by atoms with E-state index in [0.717, 1.165) is 33.1 Å². The molecule has 0 fully saturated rings. The number of nitrogens with two attached hydrogens (primary N) is 1. The van der Waals surface area contributed by atoms with Gasteiger partial charge in [0.2, 0.25) is 0 Å². The molecule has 2 heterocycles. The van der Waals surface area contributed by atoms with E-state index >= 15 is 0 Å². The van der Waals surface area contributed by atoms with E-state index in [-0.39, 0.29) is 0 Å². The average molecular weight is 284 g/mol. The van der Waals surface area contributed by atoms with Gasteiger partial charge in [0.1, 0.15) is 5.01 Å². The zero-order valence-electron chi connectivity index (χ0n) is 11.5. The highest BCUT2D eigenvalue weighted by molar-refractivity contribution is 7.13. The van der Waals surface area contributed by atoms with Crippen LogP contribution in [0, 0.1) is 6.92 Å². The molecule has 0 saturated heterocycles. The van der Waals surface area contributed by atoms with Crippen LogP contribution in [0.4, 0.5) is 0 Å². The second-order valence-corrected chi connectivity index (χ2v) is 5.60. The highest BCUT2D eigenvalue weighted by atomic mass is 32.1. The lowest BCUT2D eigenvalue weighted by molar-refractivity contribution is 0.756. The van der Waals surface area contributed by atoms with E-state index < -0.39 is 0 Å². The van der Waals surface area contributed by atoms with Gasteiger partial charge in [-0.25, -0.2) is 4.98 Å². The van der Waals surface area contributed by atoms with Crippen molar-refractivity contribution in [3.63, 3.8) is 0 Å². The van der Waals surface area contributed by atoms with Crippen LogP contribution in [0.5, 0.6) is 0 Å². The fraction of sp³-hybridized carbons (Fsp3) is 0.200. The smallest absolute Gasteiger partial charge is 0.124 e. The van der Waals surface area contributed by atoms with Gasteiger partial charge >= 0.3 is 0 Å². The van der Waals surface area contributed by atoms with Crippen molar-refractivity contribution in [3.05, 3.63) is 47.1 Å². The van der Waals surface area contributed by atoms with Gasteiger partial charge in [0.05, 0.1) is 11.4 Å². The summed E-state index contributed by atoms with van der Waals surface area (Å²) in [6, 6.07) is 8.22. The molecule has 0 bridgehead atoms. The van der Waals surface area contributed by atoms with E-state index in [0.29, 0.717) is 6.54 Å². The zero-order valence-corrected chi connectivity index (χ0v) is 12.3. The van der Waals surface area contributed by atoms with Crippen molar-refractivity contribution in [3.8, 4) is 21.8 Å². The predicted molar refractivity (Wildman–Crippen MR) is 82.4 cm³/mol. The molecular formula is C15H16N4S. The summed E-state index contributed by atoms with van der Waals surface area (Å²) < 4.78 is 1.82. The van der Waals surface area contributed by atoms with E-state index in [2.05, 4.69) is 22.6 Å². The summed E-state index contributed by atoms with van der Waals surface area (Å²) in [6.45, 7) is 2.55. The minimum atomic E-state index is 0.549. The zero-order chi connectivity index (χ0) is 14.1. The van der Waals surface area contributed by atoms with Gasteiger partial charge in [-0.2, -0.15) is 5.10 Å². The molecule has 102 valence electrons. The van der Waals surface area contributed by atoms with Crippen molar-refractivity contribution in [2.75, 3.05) is 0 Å². The number of benzene rings is 1. The Balaban J connectivity index is 1.99. The second kappa shape index (κ2) is 5.19. The Hall–Kier alpha value is -1.98. The summed E-state index contributed by atoms with van der Waals surface area (Å²) in [4.78, 5) is 4.72. The number of aryl methyl sites for hydroxylation is 2. The maximum Gasteiger partial charge on any atom is 0.124 e. The van der Waals surface area contributed by atoms with Crippen molar-refractivity contribution in [1.82, 2.24) is 14.8 Å². The molecule has 0 unspecified atom stereocenters. The molecule has 0 aliphatic rings. The van der Waals surface area contributed by atoms with Crippen LogP contribution in [0.3, 0.4) is 0 Å². The molecule has 1 aromatic carbocycles. The number of nitrogens with zero attached hydrogens (tertiary/aromatic N) is 3. The molecule has 3 rings (SSSR count). The summed E-state index contributed by atoms with van der Waals surface area (Å²) in [5, 5.41) is 7.45. The van der Waals surface area contributed by atoms with Crippen LogP contribution in [0.25, 0.3) is 21.8 Å². The molecule has 2 N–H and O–H groups in total. The van der Waals surface area contributed by atoms with Crippen molar-refractivity contribution in [2.45, 2.75) is 13.5 Å². The molecule has 0 radical (unpaired) electrons. The van der Waals surface area contributed by atoms with Crippen LogP contribution >= 0.6 is 11.3 Å². The third-order valence-corrected chi connectivity index (χ3v) is 4.09. The number of rotatable bonds is 3.